The van der Waals surface area contributed by atoms with Crippen molar-refractivity contribution in [1.82, 2.24) is 0 Å². The molecule has 0 heterocycles. The van der Waals surface area contributed by atoms with Crippen LogP contribution in [0.25, 0.3) is 0 Å². The Bertz CT molecular complexity index is 712. The van der Waals surface area contributed by atoms with E-state index in [0.29, 0.717) is 0 Å². The van der Waals surface area contributed by atoms with Crippen molar-refractivity contribution >= 4 is 25.7 Å². The van der Waals surface area contributed by atoms with Gasteiger partial charge in [-0.3, -0.25) is 0 Å². The molecule has 0 amide bonds. The maximum absolute atomic E-state index is 6.45. The second kappa shape index (κ2) is 8.32. The normalized spacial score (nSPS) is 12.7. The standard InChI is InChI=1S/C20H32O4Si3/c1-17-11-9-13-19(15-17)21-25(3,4)23-27(7,8)24-26(5,6)22-20-14-10-12-18(2)16-20/h9-16H,1-8H3. The molecule has 0 radical (unpaired) electrons. The van der Waals surface area contributed by atoms with Crippen LogP contribution in [0.1, 0.15) is 11.1 Å². The Labute approximate surface area is 167 Å². The lowest BCUT2D eigenvalue weighted by atomic mass is 10.2. The lowest BCUT2D eigenvalue weighted by Gasteiger charge is -2.37. The average Bonchev–Trinajstić information content (AvgIpc) is 2.42. The Hall–Kier alpha value is -1.39. The van der Waals surface area contributed by atoms with Crippen molar-refractivity contribution < 1.29 is 17.1 Å². The zero-order chi connectivity index (χ0) is 20.3. The van der Waals surface area contributed by atoms with Gasteiger partial charge in [-0.25, -0.2) is 0 Å². The van der Waals surface area contributed by atoms with E-state index in [0.717, 1.165) is 11.5 Å². The Kier molecular flexibility index (Phi) is 6.75. The topological polar surface area (TPSA) is 36.9 Å². The summed E-state index contributed by atoms with van der Waals surface area (Å²) >= 11 is 0. The number of hydrogen-bond acceptors (Lipinski definition) is 4. The van der Waals surface area contributed by atoms with E-state index in [-0.39, 0.29) is 0 Å². The molecule has 0 N–H and O–H groups in total. The fourth-order valence-electron chi connectivity index (χ4n) is 3.17. The van der Waals surface area contributed by atoms with Gasteiger partial charge >= 0.3 is 25.7 Å². The highest BCUT2D eigenvalue weighted by Gasteiger charge is 2.43. The van der Waals surface area contributed by atoms with E-state index in [1.54, 1.807) is 0 Å². The fourth-order valence-corrected chi connectivity index (χ4v) is 14.9. The molecule has 0 spiro atoms. The van der Waals surface area contributed by atoms with Gasteiger partial charge in [0.15, 0.2) is 0 Å². The van der Waals surface area contributed by atoms with Gasteiger partial charge in [-0.1, -0.05) is 24.3 Å². The van der Waals surface area contributed by atoms with Gasteiger partial charge in [0.1, 0.15) is 11.5 Å². The van der Waals surface area contributed by atoms with Gasteiger partial charge in [-0.2, -0.15) is 0 Å². The van der Waals surface area contributed by atoms with Crippen molar-refractivity contribution in [2.45, 2.75) is 53.1 Å². The van der Waals surface area contributed by atoms with Crippen molar-refractivity contribution in [3.05, 3.63) is 59.7 Å². The predicted octanol–water partition coefficient (Wildman–Crippen LogP) is 5.90. The van der Waals surface area contributed by atoms with Crippen LogP contribution in [0, 0.1) is 13.8 Å². The molecule has 0 unspecified atom stereocenters. The Balaban J connectivity index is 2.03. The molecular weight excluding hydrogens is 388 g/mol. The lowest BCUT2D eigenvalue weighted by molar-refractivity contribution is 0.301. The lowest BCUT2D eigenvalue weighted by Crippen LogP contribution is -2.56. The van der Waals surface area contributed by atoms with E-state index in [2.05, 4.69) is 65.3 Å². The predicted molar refractivity (Wildman–Crippen MR) is 118 cm³/mol. The monoisotopic (exact) mass is 420 g/mol. The summed E-state index contributed by atoms with van der Waals surface area (Å²) < 4.78 is 25.3. The first-order valence-corrected chi connectivity index (χ1v) is 17.7. The zero-order valence-corrected chi connectivity index (χ0v) is 20.8. The molecule has 2 aromatic rings. The van der Waals surface area contributed by atoms with Crippen molar-refractivity contribution in [1.29, 1.82) is 0 Å². The fraction of sp³-hybridized carbons (Fsp3) is 0.400. The van der Waals surface area contributed by atoms with Crippen LogP contribution in [0.5, 0.6) is 11.5 Å². The largest absolute Gasteiger partial charge is 0.521 e. The highest BCUT2D eigenvalue weighted by atomic mass is 28.5. The van der Waals surface area contributed by atoms with Crippen LogP contribution < -0.4 is 8.85 Å². The van der Waals surface area contributed by atoms with E-state index < -0.39 is 25.7 Å². The molecule has 148 valence electrons. The molecule has 0 saturated heterocycles. The first-order valence-electron chi connectivity index (χ1n) is 9.28. The van der Waals surface area contributed by atoms with Crippen LogP contribution in [0.3, 0.4) is 0 Å². The molecule has 27 heavy (non-hydrogen) atoms. The molecular formula is C20H32O4Si3. The maximum atomic E-state index is 6.45. The van der Waals surface area contributed by atoms with E-state index in [9.17, 15) is 0 Å². The second-order valence-corrected chi connectivity index (χ2v) is 18.7. The van der Waals surface area contributed by atoms with Crippen LogP contribution in [-0.2, 0) is 8.23 Å². The molecule has 0 aliphatic rings. The second-order valence-electron chi connectivity index (χ2n) is 8.24. The molecule has 2 aromatic carbocycles. The third kappa shape index (κ3) is 7.63. The van der Waals surface area contributed by atoms with Gasteiger partial charge in [0.25, 0.3) is 0 Å². The third-order valence-corrected chi connectivity index (χ3v) is 13.0. The van der Waals surface area contributed by atoms with E-state index in [1.165, 1.54) is 11.1 Å². The summed E-state index contributed by atoms with van der Waals surface area (Å²) in [6.07, 6.45) is 0. The summed E-state index contributed by atoms with van der Waals surface area (Å²) in [7, 11) is -7.24. The summed E-state index contributed by atoms with van der Waals surface area (Å²) in [6, 6.07) is 16.1. The van der Waals surface area contributed by atoms with Crippen LogP contribution in [0.2, 0.25) is 39.3 Å². The molecule has 0 bridgehead atoms. The van der Waals surface area contributed by atoms with Gasteiger partial charge in [0.05, 0.1) is 0 Å². The van der Waals surface area contributed by atoms with Crippen molar-refractivity contribution in [2.24, 2.45) is 0 Å². The van der Waals surface area contributed by atoms with Crippen LogP contribution >= 0.6 is 0 Å². The summed E-state index contributed by atoms with van der Waals surface area (Å²) in [5, 5.41) is 0. The van der Waals surface area contributed by atoms with Crippen LogP contribution in [0.15, 0.2) is 48.5 Å². The Morgan fingerprint density at radius 1 is 0.556 bits per heavy atom. The maximum Gasteiger partial charge on any atom is 0.383 e. The number of hydrogen-bond donors (Lipinski definition) is 0. The first kappa shape index (κ1) is 21.9. The number of rotatable bonds is 8. The van der Waals surface area contributed by atoms with Crippen molar-refractivity contribution in [3.63, 3.8) is 0 Å². The summed E-state index contributed by atoms with van der Waals surface area (Å²) in [6.45, 7) is 16.5. The average molecular weight is 421 g/mol. The smallest absolute Gasteiger partial charge is 0.383 e. The molecule has 2 rings (SSSR count). The van der Waals surface area contributed by atoms with Crippen molar-refractivity contribution in [3.8, 4) is 11.5 Å². The minimum Gasteiger partial charge on any atom is -0.521 e. The SMILES string of the molecule is Cc1cccc(O[Si](C)(C)O[Si](C)(C)O[Si](C)(C)Oc2cccc(C)c2)c1. The number of aryl methyl sites for hydroxylation is 2. The molecule has 4 nitrogen and oxygen atoms in total. The molecule has 0 saturated carbocycles. The quantitative estimate of drug-likeness (QED) is 0.498. The highest BCUT2D eigenvalue weighted by molar-refractivity contribution is 6.84. The molecule has 0 atom stereocenters. The molecule has 0 aromatic heterocycles. The van der Waals surface area contributed by atoms with E-state index in [4.69, 9.17) is 17.1 Å². The van der Waals surface area contributed by atoms with Gasteiger partial charge in [0, 0.05) is 0 Å². The highest BCUT2D eigenvalue weighted by Crippen LogP contribution is 2.26. The molecule has 0 aliphatic carbocycles. The molecule has 7 heteroatoms. The Morgan fingerprint density at radius 2 is 0.926 bits per heavy atom. The molecule has 0 aliphatic heterocycles. The van der Waals surface area contributed by atoms with Gasteiger partial charge < -0.3 is 17.1 Å². The molecule has 0 fully saturated rings. The summed E-state index contributed by atoms with van der Waals surface area (Å²) in [5.74, 6) is 1.70. The van der Waals surface area contributed by atoms with Crippen LogP contribution in [0.4, 0.5) is 0 Å². The summed E-state index contributed by atoms with van der Waals surface area (Å²) in [4.78, 5) is 0. The van der Waals surface area contributed by atoms with Crippen LogP contribution in [-0.4, -0.2) is 25.7 Å². The van der Waals surface area contributed by atoms with Gasteiger partial charge in [-0.15, -0.1) is 0 Å². The van der Waals surface area contributed by atoms with Gasteiger partial charge in [0.2, 0.25) is 0 Å². The summed E-state index contributed by atoms with van der Waals surface area (Å²) in [5.41, 5.74) is 2.34. The van der Waals surface area contributed by atoms with Crippen molar-refractivity contribution in [2.75, 3.05) is 0 Å². The van der Waals surface area contributed by atoms with E-state index >= 15 is 0 Å². The number of benzene rings is 2. The minimum atomic E-state index is -2.44. The Morgan fingerprint density at radius 3 is 1.26 bits per heavy atom. The third-order valence-electron chi connectivity index (χ3n) is 3.69. The zero-order valence-electron chi connectivity index (χ0n) is 17.8. The van der Waals surface area contributed by atoms with E-state index in [1.807, 2.05) is 36.4 Å². The van der Waals surface area contributed by atoms with Gasteiger partial charge in [-0.05, 0) is 88.5 Å². The first-order chi connectivity index (χ1) is 12.4. The minimum absolute atomic E-state index is 0.851.